The molecule has 0 atom stereocenters. The van der Waals surface area contributed by atoms with Crippen LogP contribution in [0.5, 0.6) is 0 Å². The standard InChI is InChI=1S/C18H20BrNO/c1-4-7-20-8-5-14(6-9-20)15-10-16-12(2)13(3)21-18(16)17(19)11-15/h1,10-11,14H,5-9H2,2-3H3. The van der Waals surface area contributed by atoms with Crippen molar-refractivity contribution < 1.29 is 4.42 Å². The first-order valence-corrected chi connectivity index (χ1v) is 8.24. The van der Waals surface area contributed by atoms with Gasteiger partial charge >= 0.3 is 0 Å². The van der Waals surface area contributed by atoms with Gasteiger partial charge in [0.25, 0.3) is 0 Å². The van der Waals surface area contributed by atoms with Crippen LogP contribution in [0.25, 0.3) is 11.0 Å². The van der Waals surface area contributed by atoms with Gasteiger partial charge in [-0.2, -0.15) is 0 Å². The topological polar surface area (TPSA) is 16.4 Å². The lowest BCUT2D eigenvalue weighted by atomic mass is 9.88. The fraction of sp³-hybridized carbons (Fsp3) is 0.444. The van der Waals surface area contributed by atoms with Crippen molar-refractivity contribution in [2.75, 3.05) is 19.6 Å². The lowest BCUT2D eigenvalue weighted by Gasteiger charge is -2.31. The lowest BCUT2D eigenvalue weighted by molar-refractivity contribution is 0.236. The predicted octanol–water partition coefficient (Wildman–Crippen LogP) is 4.62. The van der Waals surface area contributed by atoms with E-state index in [9.17, 15) is 0 Å². The van der Waals surface area contributed by atoms with Gasteiger partial charge in [-0.3, -0.25) is 4.90 Å². The summed E-state index contributed by atoms with van der Waals surface area (Å²) in [6.07, 6.45) is 7.75. The van der Waals surface area contributed by atoms with Gasteiger partial charge in [-0.1, -0.05) is 5.92 Å². The van der Waals surface area contributed by atoms with E-state index in [2.05, 4.69) is 45.8 Å². The average molecular weight is 346 g/mol. The van der Waals surface area contributed by atoms with Crippen LogP contribution < -0.4 is 0 Å². The number of halogens is 1. The Balaban J connectivity index is 1.88. The van der Waals surface area contributed by atoms with Gasteiger partial charge in [0.05, 0.1) is 11.0 Å². The van der Waals surface area contributed by atoms with Crippen LogP contribution in [-0.2, 0) is 0 Å². The van der Waals surface area contributed by atoms with E-state index in [1.54, 1.807) is 0 Å². The van der Waals surface area contributed by atoms with Crippen molar-refractivity contribution in [3.8, 4) is 12.3 Å². The largest absolute Gasteiger partial charge is 0.460 e. The zero-order chi connectivity index (χ0) is 15.0. The number of benzene rings is 1. The average Bonchev–Trinajstić information content (AvgIpc) is 2.77. The number of aryl methyl sites for hydroxylation is 2. The Hall–Kier alpha value is -1.24. The Morgan fingerprint density at radius 3 is 2.71 bits per heavy atom. The Morgan fingerprint density at radius 2 is 2.05 bits per heavy atom. The van der Waals surface area contributed by atoms with Gasteiger partial charge in [0.15, 0.2) is 0 Å². The number of hydrogen-bond acceptors (Lipinski definition) is 2. The van der Waals surface area contributed by atoms with Crippen LogP contribution in [-0.4, -0.2) is 24.5 Å². The van der Waals surface area contributed by atoms with Crippen LogP contribution in [0.1, 0.15) is 35.6 Å². The number of furan rings is 1. The van der Waals surface area contributed by atoms with Crippen molar-refractivity contribution in [1.29, 1.82) is 0 Å². The van der Waals surface area contributed by atoms with Gasteiger partial charge in [0.1, 0.15) is 11.3 Å². The molecule has 2 heterocycles. The number of hydrogen-bond donors (Lipinski definition) is 0. The van der Waals surface area contributed by atoms with E-state index < -0.39 is 0 Å². The molecule has 0 unspecified atom stereocenters. The normalized spacial score (nSPS) is 17.2. The van der Waals surface area contributed by atoms with Crippen molar-refractivity contribution >= 4 is 26.9 Å². The molecule has 0 N–H and O–H groups in total. The third kappa shape index (κ3) is 2.75. The molecule has 1 aliphatic heterocycles. The van der Waals surface area contributed by atoms with Crippen molar-refractivity contribution in [2.45, 2.75) is 32.6 Å². The second-order valence-corrected chi connectivity index (χ2v) is 6.77. The Bertz CT molecular complexity index is 702. The van der Waals surface area contributed by atoms with Crippen LogP contribution in [0, 0.1) is 26.2 Å². The smallest absolute Gasteiger partial charge is 0.148 e. The Labute approximate surface area is 134 Å². The summed E-state index contributed by atoms with van der Waals surface area (Å²) in [5.41, 5.74) is 3.63. The highest BCUT2D eigenvalue weighted by atomic mass is 79.9. The van der Waals surface area contributed by atoms with E-state index in [0.717, 1.165) is 35.5 Å². The lowest BCUT2D eigenvalue weighted by Crippen LogP contribution is -2.33. The van der Waals surface area contributed by atoms with E-state index in [4.69, 9.17) is 10.8 Å². The molecule has 0 aliphatic carbocycles. The molecular formula is C18H20BrNO. The number of rotatable bonds is 2. The number of terminal acetylenes is 1. The van der Waals surface area contributed by atoms with Gasteiger partial charge in [0, 0.05) is 5.39 Å². The molecule has 1 saturated heterocycles. The summed E-state index contributed by atoms with van der Waals surface area (Å²) in [7, 11) is 0. The van der Waals surface area contributed by atoms with Crippen molar-refractivity contribution in [2.24, 2.45) is 0 Å². The Kier molecular flexibility index (Phi) is 4.10. The fourth-order valence-corrected chi connectivity index (χ4v) is 3.76. The number of nitrogens with zero attached hydrogens (tertiary/aromatic N) is 1. The molecule has 1 aromatic carbocycles. The van der Waals surface area contributed by atoms with E-state index in [1.807, 2.05) is 6.92 Å². The molecule has 0 bridgehead atoms. The van der Waals surface area contributed by atoms with E-state index >= 15 is 0 Å². The quantitative estimate of drug-likeness (QED) is 0.738. The molecule has 0 saturated carbocycles. The van der Waals surface area contributed by atoms with Crippen LogP contribution in [0.15, 0.2) is 21.0 Å². The van der Waals surface area contributed by atoms with E-state index in [1.165, 1.54) is 29.4 Å². The molecule has 0 radical (unpaired) electrons. The molecule has 0 spiro atoms. The summed E-state index contributed by atoms with van der Waals surface area (Å²) < 4.78 is 6.91. The van der Waals surface area contributed by atoms with Gasteiger partial charge in [-0.15, -0.1) is 6.42 Å². The molecule has 3 heteroatoms. The van der Waals surface area contributed by atoms with Gasteiger partial charge in [-0.25, -0.2) is 0 Å². The minimum atomic E-state index is 0.620. The third-order valence-corrected chi connectivity index (χ3v) is 5.22. The highest BCUT2D eigenvalue weighted by molar-refractivity contribution is 9.10. The van der Waals surface area contributed by atoms with Gasteiger partial charge in [0.2, 0.25) is 0 Å². The molecular weight excluding hydrogens is 326 g/mol. The minimum absolute atomic E-state index is 0.620. The van der Waals surface area contributed by atoms with Crippen LogP contribution >= 0.6 is 15.9 Å². The maximum atomic E-state index is 5.84. The molecule has 21 heavy (non-hydrogen) atoms. The summed E-state index contributed by atoms with van der Waals surface area (Å²) in [6, 6.07) is 4.54. The second kappa shape index (κ2) is 5.87. The van der Waals surface area contributed by atoms with E-state index in [0.29, 0.717) is 5.92 Å². The highest BCUT2D eigenvalue weighted by Gasteiger charge is 2.22. The fourth-order valence-electron chi connectivity index (χ4n) is 3.21. The third-order valence-electron chi connectivity index (χ3n) is 4.63. The molecule has 2 nitrogen and oxygen atoms in total. The summed E-state index contributed by atoms with van der Waals surface area (Å²) in [6.45, 7) is 7.12. The number of likely N-dealkylation sites (tertiary alicyclic amines) is 1. The SMILES string of the molecule is C#CCN1CCC(c2cc(Br)c3oc(C)c(C)c3c2)CC1. The predicted molar refractivity (Wildman–Crippen MR) is 90.6 cm³/mol. The first-order chi connectivity index (χ1) is 10.1. The number of piperidine rings is 1. The maximum absolute atomic E-state index is 5.84. The molecule has 110 valence electrons. The van der Waals surface area contributed by atoms with Crippen molar-refractivity contribution in [1.82, 2.24) is 4.90 Å². The second-order valence-electron chi connectivity index (χ2n) is 5.92. The van der Waals surface area contributed by atoms with Crippen molar-refractivity contribution in [3.05, 3.63) is 33.5 Å². The first kappa shape index (κ1) is 14.7. The monoisotopic (exact) mass is 345 g/mol. The van der Waals surface area contributed by atoms with Gasteiger partial charge in [-0.05, 0) is 84.9 Å². The van der Waals surface area contributed by atoms with E-state index in [-0.39, 0.29) is 0 Å². The summed E-state index contributed by atoms with van der Waals surface area (Å²) in [4.78, 5) is 2.36. The molecule has 3 rings (SSSR count). The highest BCUT2D eigenvalue weighted by Crippen LogP contribution is 2.37. The molecule has 1 aromatic heterocycles. The zero-order valence-corrected chi connectivity index (χ0v) is 14.2. The molecule has 2 aromatic rings. The van der Waals surface area contributed by atoms with Crippen molar-refractivity contribution in [3.63, 3.8) is 0 Å². The zero-order valence-electron chi connectivity index (χ0n) is 12.6. The summed E-state index contributed by atoms with van der Waals surface area (Å²) >= 11 is 3.67. The minimum Gasteiger partial charge on any atom is -0.460 e. The number of fused-ring (bicyclic) bond motifs is 1. The summed E-state index contributed by atoms with van der Waals surface area (Å²) in [5, 5.41) is 1.24. The van der Waals surface area contributed by atoms with Crippen LogP contribution in [0.4, 0.5) is 0 Å². The first-order valence-electron chi connectivity index (χ1n) is 7.45. The molecule has 1 fully saturated rings. The molecule has 0 amide bonds. The van der Waals surface area contributed by atoms with Gasteiger partial charge < -0.3 is 4.42 Å². The van der Waals surface area contributed by atoms with Crippen LogP contribution in [0.3, 0.4) is 0 Å². The molecule has 1 aliphatic rings. The van der Waals surface area contributed by atoms with Crippen LogP contribution in [0.2, 0.25) is 0 Å². The summed E-state index contributed by atoms with van der Waals surface area (Å²) in [5.74, 6) is 4.37. The maximum Gasteiger partial charge on any atom is 0.148 e. The Morgan fingerprint density at radius 1 is 1.33 bits per heavy atom.